The molecule has 0 radical (unpaired) electrons. The molecule has 0 saturated heterocycles. The molecule has 2 aromatic heterocycles. The largest absolute Gasteiger partial charge is 0.448 e. The van der Waals surface area contributed by atoms with Crippen LogP contribution in [0.25, 0.3) is 5.82 Å². The standard InChI is InChI=1S/C21H20N4O3/c26-20(15-4-7-19(23-13-15)25-11-10-22-14-25)24-16-5-6-17-18(12-16)28-21(27-17)8-2-1-3-9-21/h4-7,10-14H,1-3,8-9H2,(H,24,26). The molecule has 0 atom stereocenters. The molecule has 2 aliphatic rings. The summed E-state index contributed by atoms with van der Waals surface area (Å²) in [7, 11) is 0. The van der Waals surface area contributed by atoms with Gasteiger partial charge < -0.3 is 14.8 Å². The first-order valence-corrected chi connectivity index (χ1v) is 9.49. The summed E-state index contributed by atoms with van der Waals surface area (Å²) in [5.74, 6) is 1.39. The molecule has 0 unspecified atom stereocenters. The Balaban J connectivity index is 1.29. The number of imidazole rings is 1. The number of aromatic nitrogens is 3. The Bertz CT molecular complexity index is 993. The van der Waals surface area contributed by atoms with Crippen molar-refractivity contribution in [3.8, 4) is 17.3 Å². The van der Waals surface area contributed by atoms with Gasteiger partial charge in [0.05, 0.1) is 5.56 Å². The van der Waals surface area contributed by atoms with E-state index in [1.807, 2.05) is 18.2 Å². The van der Waals surface area contributed by atoms with Gasteiger partial charge in [0, 0.05) is 43.2 Å². The molecule has 0 bridgehead atoms. The Morgan fingerprint density at radius 1 is 1.07 bits per heavy atom. The summed E-state index contributed by atoms with van der Waals surface area (Å²) in [5.41, 5.74) is 1.14. The number of anilines is 1. The molecule has 5 rings (SSSR count). The second-order valence-electron chi connectivity index (χ2n) is 7.17. The molecule has 1 aromatic carbocycles. The van der Waals surface area contributed by atoms with E-state index in [4.69, 9.17) is 9.47 Å². The lowest BCUT2D eigenvalue weighted by Gasteiger charge is -2.31. The fourth-order valence-corrected chi connectivity index (χ4v) is 3.74. The van der Waals surface area contributed by atoms with Crippen molar-refractivity contribution in [1.82, 2.24) is 14.5 Å². The van der Waals surface area contributed by atoms with E-state index in [1.54, 1.807) is 41.6 Å². The summed E-state index contributed by atoms with van der Waals surface area (Å²) < 4.78 is 14.0. The van der Waals surface area contributed by atoms with E-state index >= 15 is 0 Å². The second-order valence-corrected chi connectivity index (χ2v) is 7.17. The maximum atomic E-state index is 12.6. The average Bonchev–Trinajstić information content (AvgIpc) is 3.36. The molecule has 1 aliphatic heterocycles. The first-order chi connectivity index (χ1) is 13.7. The van der Waals surface area contributed by atoms with Crippen molar-refractivity contribution < 1.29 is 14.3 Å². The molecule has 1 amide bonds. The normalized spacial score (nSPS) is 16.9. The number of nitrogens with one attached hydrogen (secondary N) is 1. The highest BCUT2D eigenvalue weighted by Gasteiger charge is 2.42. The lowest BCUT2D eigenvalue weighted by molar-refractivity contribution is -0.105. The summed E-state index contributed by atoms with van der Waals surface area (Å²) in [6, 6.07) is 9.03. The van der Waals surface area contributed by atoms with Crippen molar-refractivity contribution >= 4 is 11.6 Å². The van der Waals surface area contributed by atoms with Gasteiger partial charge in [0.1, 0.15) is 12.1 Å². The van der Waals surface area contributed by atoms with Gasteiger partial charge in [-0.25, -0.2) is 9.97 Å². The van der Waals surface area contributed by atoms with E-state index < -0.39 is 5.79 Å². The van der Waals surface area contributed by atoms with Crippen LogP contribution in [0.3, 0.4) is 0 Å². The summed E-state index contributed by atoms with van der Waals surface area (Å²) in [6.07, 6.45) is 11.9. The fraction of sp³-hybridized carbons (Fsp3) is 0.286. The Morgan fingerprint density at radius 2 is 1.93 bits per heavy atom. The summed E-state index contributed by atoms with van der Waals surface area (Å²) >= 11 is 0. The second kappa shape index (κ2) is 6.67. The molecule has 3 heterocycles. The molecule has 142 valence electrons. The van der Waals surface area contributed by atoms with Crippen LogP contribution in [0.1, 0.15) is 42.5 Å². The Hall–Kier alpha value is -3.35. The van der Waals surface area contributed by atoms with Crippen LogP contribution in [0, 0.1) is 0 Å². The molecule has 3 aromatic rings. The minimum Gasteiger partial charge on any atom is -0.448 e. The number of rotatable bonds is 3. The number of pyridine rings is 1. The van der Waals surface area contributed by atoms with Gasteiger partial charge in [-0.15, -0.1) is 0 Å². The number of hydrogen-bond acceptors (Lipinski definition) is 5. The van der Waals surface area contributed by atoms with Crippen LogP contribution in [0.15, 0.2) is 55.2 Å². The van der Waals surface area contributed by atoms with E-state index in [0.717, 1.165) is 31.4 Å². The third-order valence-corrected chi connectivity index (χ3v) is 5.19. The van der Waals surface area contributed by atoms with Crippen molar-refractivity contribution in [2.75, 3.05) is 5.32 Å². The van der Waals surface area contributed by atoms with E-state index in [2.05, 4.69) is 15.3 Å². The number of hydrogen-bond donors (Lipinski definition) is 1. The predicted molar refractivity (Wildman–Crippen MR) is 103 cm³/mol. The zero-order valence-corrected chi connectivity index (χ0v) is 15.3. The van der Waals surface area contributed by atoms with Crippen LogP contribution in [-0.2, 0) is 0 Å². The SMILES string of the molecule is O=C(Nc1ccc2c(c1)OC1(CCCCC1)O2)c1ccc(-n2ccnc2)nc1. The van der Waals surface area contributed by atoms with Gasteiger partial charge in [-0.3, -0.25) is 9.36 Å². The highest BCUT2D eigenvalue weighted by Crippen LogP contribution is 2.46. The third kappa shape index (κ3) is 3.09. The lowest BCUT2D eigenvalue weighted by atomic mass is 9.94. The van der Waals surface area contributed by atoms with Gasteiger partial charge >= 0.3 is 0 Å². The maximum absolute atomic E-state index is 12.6. The van der Waals surface area contributed by atoms with Gasteiger partial charge in [-0.05, 0) is 37.1 Å². The molecule has 28 heavy (non-hydrogen) atoms. The van der Waals surface area contributed by atoms with Gasteiger partial charge in [0.25, 0.3) is 11.7 Å². The smallest absolute Gasteiger partial charge is 0.257 e. The van der Waals surface area contributed by atoms with Crippen LogP contribution in [0.5, 0.6) is 11.5 Å². The zero-order valence-electron chi connectivity index (χ0n) is 15.3. The maximum Gasteiger partial charge on any atom is 0.257 e. The topological polar surface area (TPSA) is 78.3 Å². The quantitative estimate of drug-likeness (QED) is 0.749. The molecule has 7 nitrogen and oxygen atoms in total. The molecule has 7 heteroatoms. The predicted octanol–water partition coefficient (Wildman–Crippen LogP) is 3.95. The number of amides is 1. The van der Waals surface area contributed by atoms with E-state index in [-0.39, 0.29) is 5.91 Å². The molecular formula is C21H20N4O3. The lowest BCUT2D eigenvalue weighted by Crippen LogP contribution is -2.40. The minimum atomic E-state index is -0.518. The van der Waals surface area contributed by atoms with Crippen molar-refractivity contribution in [2.45, 2.75) is 37.9 Å². The molecule has 1 N–H and O–H groups in total. The van der Waals surface area contributed by atoms with Gasteiger partial charge in [0.15, 0.2) is 11.5 Å². The van der Waals surface area contributed by atoms with Crippen molar-refractivity contribution in [2.24, 2.45) is 0 Å². The van der Waals surface area contributed by atoms with Crippen molar-refractivity contribution in [3.05, 3.63) is 60.8 Å². The Morgan fingerprint density at radius 3 is 2.68 bits per heavy atom. The van der Waals surface area contributed by atoms with Crippen LogP contribution >= 0.6 is 0 Å². The molecule has 1 saturated carbocycles. The summed E-state index contributed by atoms with van der Waals surface area (Å²) in [5, 5.41) is 2.90. The van der Waals surface area contributed by atoms with E-state index in [9.17, 15) is 4.79 Å². The highest BCUT2D eigenvalue weighted by molar-refractivity contribution is 6.04. The number of fused-ring (bicyclic) bond motifs is 1. The molecular weight excluding hydrogens is 356 g/mol. The Labute approximate surface area is 162 Å². The van der Waals surface area contributed by atoms with Gasteiger partial charge in [-0.2, -0.15) is 0 Å². The third-order valence-electron chi connectivity index (χ3n) is 5.19. The monoisotopic (exact) mass is 376 g/mol. The van der Waals surface area contributed by atoms with Crippen LogP contribution < -0.4 is 14.8 Å². The number of carbonyl (C=O) groups is 1. The Kier molecular flexibility index (Phi) is 4.00. The first-order valence-electron chi connectivity index (χ1n) is 9.49. The first kappa shape index (κ1) is 16.8. The summed E-state index contributed by atoms with van der Waals surface area (Å²) in [4.78, 5) is 20.9. The molecule has 1 fully saturated rings. The van der Waals surface area contributed by atoms with Crippen LogP contribution in [-0.4, -0.2) is 26.2 Å². The van der Waals surface area contributed by atoms with Crippen LogP contribution in [0.4, 0.5) is 5.69 Å². The van der Waals surface area contributed by atoms with Gasteiger partial charge in [0.2, 0.25) is 0 Å². The van der Waals surface area contributed by atoms with E-state index in [0.29, 0.717) is 22.8 Å². The molecule has 1 spiro atoms. The number of nitrogens with zero attached hydrogens (tertiary/aromatic N) is 3. The average molecular weight is 376 g/mol. The van der Waals surface area contributed by atoms with Crippen molar-refractivity contribution in [3.63, 3.8) is 0 Å². The minimum absolute atomic E-state index is 0.226. The molecule has 1 aliphatic carbocycles. The fourth-order valence-electron chi connectivity index (χ4n) is 3.74. The highest BCUT2D eigenvalue weighted by atomic mass is 16.7. The van der Waals surface area contributed by atoms with Crippen LogP contribution in [0.2, 0.25) is 0 Å². The number of ether oxygens (including phenoxy) is 2. The zero-order chi connectivity index (χ0) is 19.0. The summed E-state index contributed by atoms with van der Waals surface area (Å²) in [6.45, 7) is 0. The number of benzene rings is 1. The number of carbonyl (C=O) groups excluding carboxylic acids is 1. The van der Waals surface area contributed by atoms with Gasteiger partial charge in [-0.1, -0.05) is 6.42 Å². The van der Waals surface area contributed by atoms with E-state index in [1.165, 1.54) is 6.42 Å². The van der Waals surface area contributed by atoms with Crippen molar-refractivity contribution in [1.29, 1.82) is 0 Å².